The molecule has 0 saturated carbocycles. The molecule has 0 radical (unpaired) electrons. The van der Waals surface area contributed by atoms with E-state index >= 15 is 0 Å². The number of hydrogen-bond donors (Lipinski definition) is 2. The van der Waals surface area contributed by atoms with Crippen LogP contribution in [0, 0.1) is 6.92 Å². The molecule has 0 bridgehead atoms. The van der Waals surface area contributed by atoms with Crippen molar-refractivity contribution >= 4 is 17.5 Å². The van der Waals surface area contributed by atoms with Gasteiger partial charge in [0.05, 0.1) is 26.5 Å². The third kappa shape index (κ3) is 6.54. The van der Waals surface area contributed by atoms with Gasteiger partial charge in [-0.3, -0.25) is 9.59 Å². The van der Waals surface area contributed by atoms with Crippen molar-refractivity contribution in [3.05, 3.63) is 48.0 Å². The minimum atomic E-state index is -0.410. The number of benzene rings is 2. The van der Waals surface area contributed by atoms with Crippen molar-refractivity contribution < 1.29 is 23.8 Å². The lowest BCUT2D eigenvalue weighted by Crippen LogP contribution is -2.31. The highest BCUT2D eigenvalue weighted by Gasteiger charge is 2.12. The highest BCUT2D eigenvalue weighted by molar-refractivity contribution is 6.04. The zero-order valence-corrected chi connectivity index (χ0v) is 15.7. The summed E-state index contributed by atoms with van der Waals surface area (Å²) in [5.74, 6) is 1.17. The Hall–Kier alpha value is -3.22. The van der Waals surface area contributed by atoms with Crippen LogP contribution in [0.25, 0.3) is 0 Å². The number of carbonyl (C=O) groups excluding carboxylic acids is 2. The van der Waals surface area contributed by atoms with Gasteiger partial charge in [-0.2, -0.15) is 0 Å². The Morgan fingerprint density at radius 2 is 1.63 bits per heavy atom. The molecule has 0 fully saturated rings. The molecule has 7 heteroatoms. The zero-order chi connectivity index (χ0) is 19.6. The van der Waals surface area contributed by atoms with Crippen molar-refractivity contribution in [2.75, 3.05) is 32.7 Å². The minimum Gasteiger partial charge on any atom is -0.497 e. The highest BCUT2D eigenvalue weighted by atomic mass is 16.5. The lowest BCUT2D eigenvalue weighted by Gasteiger charge is -2.11. The van der Waals surface area contributed by atoms with Gasteiger partial charge in [-0.15, -0.1) is 0 Å². The molecule has 0 saturated heterocycles. The van der Waals surface area contributed by atoms with Crippen LogP contribution in [0.1, 0.15) is 12.0 Å². The predicted molar refractivity (Wildman–Crippen MR) is 102 cm³/mol. The average molecular weight is 372 g/mol. The normalized spacial score (nSPS) is 10.0. The van der Waals surface area contributed by atoms with E-state index in [0.717, 1.165) is 11.3 Å². The smallest absolute Gasteiger partial charge is 0.233 e. The van der Waals surface area contributed by atoms with E-state index in [2.05, 4.69) is 10.6 Å². The summed E-state index contributed by atoms with van der Waals surface area (Å²) in [4.78, 5) is 23.9. The Kier molecular flexibility index (Phi) is 7.49. The Morgan fingerprint density at radius 3 is 2.30 bits per heavy atom. The molecule has 2 aromatic rings. The fourth-order valence-electron chi connectivity index (χ4n) is 2.35. The van der Waals surface area contributed by atoms with Crippen LogP contribution in [0.2, 0.25) is 0 Å². The van der Waals surface area contributed by atoms with E-state index in [1.807, 2.05) is 13.0 Å². The molecule has 2 N–H and O–H groups in total. The van der Waals surface area contributed by atoms with Gasteiger partial charge in [-0.05, 0) is 48.9 Å². The first kappa shape index (κ1) is 20.1. The number of methoxy groups -OCH3 is 2. The Balaban J connectivity index is 1.72. The third-order valence-electron chi connectivity index (χ3n) is 3.70. The van der Waals surface area contributed by atoms with Crippen LogP contribution in [0.15, 0.2) is 42.5 Å². The van der Waals surface area contributed by atoms with Gasteiger partial charge >= 0.3 is 0 Å². The van der Waals surface area contributed by atoms with Gasteiger partial charge < -0.3 is 24.8 Å². The molecule has 0 aliphatic heterocycles. The summed E-state index contributed by atoms with van der Waals surface area (Å²) in [5.41, 5.74) is 1.52. The lowest BCUT2D eigenvalue weighted by atomic mass is 10.2. The molecular weight excluding hydrogens is 348 g/mol. The Labute approximate surface area is 158 Å². The van der Waals surface area contributed by atoms with Crippen molar-refractivity contribution in [2.24, 2.45) is 0 Å². The van der Waals surface area contributed by atoms with Crippen LogP contribution in [-0.4, -0.2) is 39.2 Å². The fourth-order valence-corrected chi connectivity index (χ4v) is 2.35. The van der Waals surface area contributed by atoms with Crippen LogP contribution in [0.4, 0.5) is 5.69 Å². The maximum absolute atomic E-state index is 12.0. The van der Waals surface area contributed by atoms with E-state index in [1.165, 1.54) is 7.11 Å². The van der Waals surface area contributed by atoms with Crippen LogP contribution in [-0.2, 0) is 9.59 Å². The first-order valence-electron chi connectivity index (χ1n) is 8.50. The third-order valence-corrected chi connectivity index (χ3v) is 3.70. The second-order valence-corrected chi connectivity index (χ2v) is 5.80. The van der Waals surface area contributed by atoms with Crippen molar-refractivity contribution in [1.29, 1.82) is 0 Å². The SMILES string of the molecule is COc1ccc(OCCNC(=O)CC(=O)Nc2cc(C)ccc2OC)cc1. The van der Waals surface area contributed by atoms with Gasteiger partial charge in [-0.1, -0.05) is 6.07 Å². The van der Waals surface area contributed by atoms with Crippen molar-refractivity contribution in [3.63, 3.8) is 0 Å². The molecule has 0 aromatic heterocycles. The van der Waals surface area contributed by atoms with Crippen LogP contribution >= 0.6 is 0 Å². The van der Waals surface area contributed by atoms with Gasteiger partial charge in [0.15, 0.2) is 0 Å². The summed E-state index contributed by atoms with van der Waals surface area (Å²) in [6.45, 7) is 2.50. The van der Waals surface area contributed by atoms with E-state index in [4.69, 9.17) is 14.2 Å². The topological polar surface area (TPSA) is 85.9 Å². The maximum Gasteiger partial charge on any atom is 0.233 e. The second-order valence-electron chi connectivity index (χ2n) is 5.80. The van der Waals surface area contributed by atoms with Crippen molar-refractivity contribution in [2.45, 2.75) is 13.3 Å². The van der Waals surface area contributed by atoms with E-state index in [1.54, 1.807) is 43.5 Å². The standard InChI is InChI=1S/C20H24N2O5/c1-14-4-9-18(26-3)17(12-14)22-20(24)13-19(23)21-10-11-27-16-7-5-15(25-2)6-8-16/h4-9,12H,10-11,13H2,1-3H3,(H,21,23)(H,22,24). The monoisotopic (exact) mass is 372 g/mol. The van der Waals surface area contributed by atoms with E-state index in [-0.39, 0.29) is 12.3 Å². The number of carbonyl (C=O) groups is 2. The fraction of sp³-hybridized carbons (Fsp3) is 0.300. The van der Waals surface area contributed by atoms with E-state index < -0.39 is 5.91 Å². The maximum atomic E-state index is 12.0. The molecule has 0 unspecified atom stereocenters. The predicted octanol–water partition coefficient (Wildman–Crippen LogP) is 2.54. The molecule has 0 heterocycles. The van der Waals surface area contributed by atoms with Gasteiger partial charge in [-0.25, -0.2) is 0 Å². The number of rotatable bonds is 9. The minimum absolute atomic E-state index is 0.278. The summed E-state index contributed by atoms with van der Waals surface area (Å²) >= 11 is 0. The molecule has 0 aliphatic rings. The highest BCUT2D eigenvalue weighted by Crippen LogP contribution is 2.25. The zero-order valence-electron chi connectivity index (χ0n) is 15.7. The molecule has 7 nitrogen and oxygen atoms in total. The first-order valence-corrected chi connectivity index (χ1v) is 8.50. The van der Waals surface area contributed by atoms with Gasteiger partial charge in [0.1, 0.15) is 30.3 Å². The molecule has 27 heavy (non-hydrogen) atoms. The second kappa shape index (κ2) is 10.1. The summed E-state index contributed by atoms with van der Waals surface area (Å²) in [7, 11) is 3.12. The number of anilines is 1. The van der Waals surface area contributed by atoms with E-state index in [9.17, 15) is 9.59 Å². The van der Waals surface area contributed by atoms with Gasteiger partial charge in [0, 0.05) is 0 Å². The number of ether oxygens (including phenoxy) is 3. The summed E-state index contributed by atoms with van der Waals surface area (Å²) in [6, 6.07) is 12.6. The number of aryl methyl sites for hydroxylation is 1. The first-order chi connectivity index (χ1) is 13.0. The molecule has 0 atom stereocenters. The quantitative estimate of drug-likeness (QED) is 0.522. The Morgan fingerprint density at radius 1 is 0.926 bits per heavy atom. The van der Waals surface area contributed by atoms with Gasteiger partial charge in [0.2, 0.25) is 11.8 Å². The van der Waals surface area contributed by atoms with Crippen LogP contribution in [0.5, 0.6) is 17.2 Å². The van der Waals surface area contributed by atoms with Crippen LogP contribution < -0.4 is 24.8 Å². The number of nitrogens with one attached hydrogen (secondary N) is 2. The summed E-state index contributed by atoms with van der Waals surface area (Å²) < 4.78 is 15.8. The summed E-state index contributed by atoms with van der Waals surface area (Å²) in [6.07, 6.45) is -0.278. The van der Waals surface area contributed by atoms with E-state index in [0.29, 0.717) is 30.3 Å². The number of amides is 2. The average Bonchev–Trinajstić information content (AvgIpc) is 2.66. The molecule has 2 amide bonds. The molecule has 2 aromatic carbocycles. The van der Waals surface area contributed by atoms with Gasteiger partial charge in [0.25, 0.3) is 0 Å². The molecule has 2 rings (SSSR count). The molecule has 0 aliphatic carbocycles. The van der Waals surface area contributed by atoms with Crippen molar-refractivity contribution in [1.82, 2.24) is 5.32 Å². The Bertz CT molecular complexity index is 774. The molecule has 0 spiro atoms. The van der Waals surface area contributed by atoms with Crippen molar-refractivity contribution in [3.8, 4) is 17.2 Å². The molecule has 144 valence electrons. The van der Waals surface area contributed by atoms with Crippen LogP contribution in [0.3, 0.4) is 0 Å². The largest absolute Gasteiger partial charge is 0.497 e. The number of hydrogen-bond acceptors (Lipinski definition) is 5. The lowest BCUT2D eigenvalue weighted by molar-refractivity contribution is -0.126. The summed E-state index contributed by atoms with van der Waals surface area (Å²) in [5, 5.41) is 5.34. The molecular formula is C20H24N2O5.